The molecule has 3 aromatic rings. The number of nitrogens with zero attached hydrogens (tertiary/aromatic N) is 2. The molecule has 2 aromatic carbocycles. The molecule has 152 valence electrons. The van der Waals surface area contributed by atoms with E-state index in [1.807, 2.05) is 54.3 Å². The quantitative estimate of drug-likeness (QED) is 0.668. The highest BCUT2D eigenvalue weighted by Gasteiger charge is 2.33. The number of imidazole rings is 1. The number of anilines is 1. The number of carbonyl (C=O) groups is 1. The number of aromatic nitrogens is 2. The molecule has 0 saturated carbocycles. The second kappa shape index (κ2) is 8.31. The predicted octanol–water partition coefficient (Wildman–Crippen LogP) is 3.57. The van der Waals surface area contributed by atoms with E-state index in [0.29, 0.717) is 25.5 Å². The van der Waals surface area contributed by atoms with Gasteiger partial charge in [0.1, 0.15) is 24.7 Å². The van der Waals surface area contributed by atoms with Crippen molar-refractivity contribution in [1.29, 1.82) is 0 Å². The number of nitrogens with one attached hydrogen (secondary N) is 2. The van der Waals surface area contributed by atoms with Crippen LogP contribution in [0.4, 0.5) is 10.1 Å². The zero-order chi connectivity index (χ0) is 20.4. The summed E-state index contributed by atoms with van der Waals surface area (Å²) in [5, 5.41) is 2.74. The molecular formula is C22H25FN4O2. The molecule has 1 aliphatic rings. The molecule has 29 heavy (non-hydrogen) atoms. The van der Waals surface area contributed by atoms with Gasteiger partial charge in [-0.25, -0.2) is 9.37 Å². The monoisotopic (exact) mass is 396 g/mol. The molecule has 0 bridgehead atoms. The van der Waals surface area contributed by atoms with Crippen molar-refractivity contribution in [2.24, 2.45) is 0 Å². The molecule has 2 N–H and O–H groups in total. The van der Waals surface area contributed by atoms with Crippen molar-refractivity contribution >= 4 is 22.6 Å². The summed E-state index contributed by atoms with van der Waals surface area (Å²) in [5.41, 5.74) is 4.85. The fourth-order valence-corrected chi connectivity index (χ4v) is 3.68. The van der Waals surface area contributed by atoms with E-state index in [1.54, 1.807) is 0 Å². The topological polar surface area (TPSA) is 70.2 Å². The summed E-state index contributed by atoms with van der Waals surface area (Å²) in [6.45, 7) is 5.30. The van der Waals surface area contributed by atoms with Crippen molar-refractivity contribution in [3.05, 3.63) is 59.4 Å². The maximum Gasteiger partial charge on any atom is 0.221 e. The highest BCUT2D eigenvalue weighted by atomic mass is 19.1. The van der Waals surface area contributed by atoms with E-state index in [1.165, 1.54) is 6.92 Å². The van der Waals surface area contributed by atoms with Crippen molar-refractivity contribution in [1.82, 2.24) is 14.9 Å². The predicted molar refractivity (Wildman–Crippen MR) is 110 cm³/mol. The third-order valence-corrected chi connectivity index (χ3v) is 5.08. The van der Waals surface area contributed by atoms with Gasteiger partial charge in [0.2, 0.25) is 5.91 Å². The number of ether oxygens (including phenoxy) is 1. The molecule has 1 amide bonds. The van der Waals surface area contributed by atoms with Crippen molar-refractivity contribution in [2.75, 3.05) is 18.4 Å². The highest BCUT2D eigenvalue weighted by molar-refractivity contribution is 5.88. The van der Waals surface area contributed by atoms with Gasteiger partial charge in [-0.15, -0.1) is 0 Å². The first kappa shape index (κ1) is 19.5. The summed E-state index contributed by atoms with van der Waals surface area (Å²) >= 11 is 0. The zero-order valence-corrected chi connectivity index (χ0v) is 16.6. The molecule has 4 rings (SSSR count). The first-order valence-electron chi connectivity index (χ1n) is 9.76. The lowest BCUT2D eigenvalue weighted by molar-refractivity contribution is -0.114. The lowest BCUT2D eigenvalue weighted by Gasteiger charge is -2.16. The number of likely N-dealkylation sites (tertiary alicyclic amines) is 1. The third-order valence-electron chi connectivity index (χ3n) is 5.08. The van der Waals surface area contributed by atoms with Crippen LogP contribution in [0.2, 0.25) is 0 Å². The van der Waals surface area contributed by atoms with Crippen LogP contribution in [-0.4, -0.2) is 46.1 Å². The van der Waals surface area contributed by atoms with Gasteiger partial charge in [-0.1, -0.05) is 18.2 Å². The van der Waals surface area contributed by atoms with Crippen LogP contribution >= 0.6 is 0 Å². The molecule has 0 unspecified atom stereocenters. The Morgan fingerprint density at radius 2 is 2.07 bits per heavy atom. The molecule has 0 radical (unpaired) electrons. The number of aromatic amines is 1. The molecule has 2 heterocycles. The van der Waals surface area contributed by atoms with Crippen LogP contribution < -0.4 is 5.32 Å². The SMILES string of the molecule is CC(=O)Nc1ccc(CN2C[C@@H](F)[C@@H](OCc3nc4ccc(C)cc4[nH]3)C2)cc1. The fourth-order valence-electron chi connectivity index (χ4n) is 3.68. The minimum absolute atomic E-state index is 0.0999. The minimum Gasteiger partial charge on any atom is -0.366 e. The number of carbonyl (C=O) groups excluding carboxylic acids is 1. The Morgan fingerprint density at radius 3 is 2.83 bits per heavy atom. The van der Waals surface area contributed by atoms with Gasteiger partial charge in [0.05, 0.1) is 11.0 Å². The van der Waals surface area contributed by atoms with Crippen molar-refractivity contribution in [3.8, 4) is 0 Å². The van der Waals surface area contributed by atoms with E-state index in [0.717, 1.165) is 27.8 Å². The van der Waals surface area contributed by atoms with Crippen LogP contribution in [0.1, 0.15) is 23.9 Å². The smallest absolute Gasteiger partial charge is 0.221 e. The first-order valence-corrected chi connectivity index (χ1v) is 9.76. The number of halogens is 1. The van der Waals surface area contributed by atoms with Crippen molar-refractivity contribution in [2.45, 2.75) is 39.3 Å². The summed E-state index contributed by atoms with van der Waals surface area (Å²) < 4.78 is 20.3. The summed E-state index contributed by atoms with van der Waals surface area (Å²) in [6, 6.07) is 13.6. The summed E-state index contributed by atoms with van der Waals surface area (Å²) in [6.07, 6.45) is -1.50. The van der Waals surface area contributed by atoms with Gasteiger partial charge < -0.3 is 15.0 Å². The largest absolute Gasteiger partial charge is 0.366 e. The number of alkyl halides is 1. The molecule has 6 nitrogen and oxygen atoms in total. The van der Waals surface area contributed by atoms with Crippen LogP contribution in [-0.2, 0) is 22.7 Å². The Morgan fingerprint density at radius 1 is 1.28 bits per heavy atom. The van der Waals surface area contributed by atoms with Crippen LogP contribution in [0, 0.1) is 6.92 Å². The third kappa shape index (κ3) is 4.81. The number of rotatable bonds is 6. The zero-order valence-electron chi connectivity index (χ0n) is 16.6. The normalized spacial score (nSPS) is 19.7. The molecule has 1 saturated heterocycles. The van der Waals surface area contributed by atoms with Gasteiger partial charge in [-0.2, -0.15) is 0 Å². The molecule has 1 aliphatic heterocycles. The minimum atomic E-state index is -1.03. The molecular weight excluding hydrogens is 371 g/mol. The summed E-state index contributed by atoms with van der Waals surface area (Å²) in [5.74, 6) is 0.613. The van der Waals surface area contributed by atoms with Crippen LogP contribution in [0.3, 0.4) is 0 Å². The Hall–Kier alpha value is -2.77. The summed E-state index contributed by atoms with van der Waals surface area (Å²) in [7, 11) is 0. The number of hydrogen-bond donors (Lipinski definition) is 2. The van der Waals surface area contributed by atoms with Crippen LogP contribution in [0.5, 0.6) is 0 Å². The van der Waals surface area contributed by atoms with E-state index in [-0.39, 0.29) is 12.5 Å². The molecule has 7 heteroatoms. The van der Waals surface area contributed by atoms with E-state index in [4.69, 9.17) is 4.74 Å². The Labute approximate surface area is 169 Å². The Balaban J connectivity index is 1.31. The fraction of sp³-hybridized carbons (Fsp3) is 0.364. The maximum atomic E-state index is 14.5. The first-order chi connectivity index (χ1) is 14.0. The van der Waals surface area contributed by atoms with E-state index in [9.17, 15) is 9.18 Å². The van der Waals surface area contributed by atoms with Gasteiger partial charge in [0.25, 0.3) is 0 Å². The van der Waals surface area contributed by atoms with Crippen LogP contribution in [0.15, 0.2) is 42.5 Å². The molecule has 0 aliphatic carbocycles. The lowest BCUT2D eigenvalue weighted by atomic mass is 10.2. The number of amides is 1. The molecule has 1 fully saturated rings. The van der Waals surface area contributed by atoms with Gasteiger partial charge in [-0.3, -0.25) is 9.69 Å². The molecule has 2 atom stereocenters. The van der Waals surface area contributed by atoms with E-state index in [2.05, 4.69) is 15.3 Å². The number of hydrogen-bond acceptors (Lipinski definition) is 4. The average molecular weight is 396 g/mol. The number of aryl methyl sites for hydroxylation is 1. The van der Waals surface area contributed by atoms with E-state index >= 15 is 0 Å². The lowest BCUT2D eigenvalue weighted by Crippen LogP contribution is -2.24. The van der Waals surface area contributed by atoms with Crippen molar-refractivity contribution < 1.29 is 13.9 Å². The number of fused-ring (bicyclic) bond motifs is 1. The summed E-state index contributed by atoms with van der Waals surface area (Å²) in [4.78, 5) is 20.9. The number of H-pyrrole nitrogens is 1. The maximum absolute atomic E-state index is 14.5. The standard InChI is InChI=1S/C22H25FN4O2/c1-14-3-8-19-20(9-14)26-22(25-19)13-29-21-12-27(11-18(21)23)10-16-4-6-17(7-5-16)24-15(2)28/h3-9,18,21H,10-13H2,1-2H3,(H,24,28)(H,25,26)/t18-,21+/m1/s1. The highest BCUT2D eigenvalue weighted by Crippen LogP contribution is 2.21. The number of benzene rings is 2. The van der Waals surface area contributed by atoms with Gasteiger partial charge in [0.15, 0.2) is 0 Å². The molecule has 1 aromatic heterocycles. The van der Waals surface area contributed by atoms with Gasteiger partial charge in [-0.05, 0) is 42.3 Å². The van der Waals surface area contributed by atoms with Gasteiger partial charge >= 0.3 is 0 Å². The second-order valence-corrected chi connectivity index (χ2v) is 7.64. The second-order valence-electron chi connectivity index (χ2n) is 7.64. The van der Waals surface area contributed by atoms with Crippen LogP contribution in [0.25, 0.3) is 11.0 Å². The van der Waals surface area contributed by atoms with Gasteiger partial charge in [0, 0.05) is 32.2 Å². The van der Waals surface area contributed by atoms with E-state index < -0.39 is 12.3 Å². The Bertz CT molecular complexity index is 1000. The Kier molecular flexibility index (Phi) is 5.60. The van der Waals surface area contributed by atoms with Crippen molar-refractivity contribution in [3.63, 3.8) is 0 Å². The molecule has 0 spiro atoms. The average Bonchev–Trinajstić information content (AvgIpc) is 3.23.